The number of carbonyl (C=O) groups excluding carboxylic acids is 3. The third-order valence-corrected chi connectivity index (χ3v) is 7.16. The van der Waals surface area contributed by atoms with Gasteiger partial charge in [0.25, 0.3) is 5.91 Å². The van der Waals surface area contributed by atoms with Gasteiger partial charge in [-0.05, 0) is 54.6 Å². The van der Waals surface area contributed by atoms with Crippen LogP contribution < -0.4 is 10.2 Å². The minimum Gasteiger partial charge on any atom is -0.352 e. The maximum atomic E-state index is 14.1. The van der Waals surface area contributed by atoms with Gasteiger partial charge in [0.15, 0.2) is 0 Å². The summed E-state index contributed by atoms with van der Waals surface area (Å²) in [6.45, 7) is 3.80. The molecule has 1 atom stereocenters. The molecule has 0 unspecified atom stereocenters. The van der Waals surface area contributed by atoms with E-state index in [-0.39, 0.29) is 36.9 Å². The maximum absolute atomic E-state index is 14.1. The Bertz CT molecular complexity index is 1510. The monoisotopic (exact) mass is 539 g/mol. The van der Waals surface area contributed by atoms with Crippen molar-refractivity contribution in [2.75, 3.05) is 11.4 Å². The lowest BCUT2D eigenvalue weighted by atomic mass is 10.0. The van der Waals surface area contributed by atoms with E-state index in [1.54, 1.807) is 23.1 Å². The van der Waals surface area contributed by atoms with Gasteiger partial charge >= 0.3 is 0 Å². The zero-order chi connectivity index (χ0) is 27.5. The number of hydrogen-bond donors (Lipinski definition) is 1. The molecule has 0 aromatic heterocycles. The molecule has 0 spiro atoms. The number of nitrogens with one attached hydrogen (secondary N) is 1. The van der Waals surface area contributed by atoms with Crippen molar-refractivity contribution in [3.05, 3.63) is 113 Å². The molecule has 4 aromatic rings. The molecule has 1 aliphatic heterocycles. The van der Waals surface area contributed by atoms with Crippen LogP contribution in [0.5, 0.6) is 0 Å². The summed E-state index contributed by atoms with van der Waals surface area (Å²) in [6.07, 6.45) is 0.336. The van der Waals surface area contributed by atoms with Crippen molar-refractivity contribution in [1.82, 2.24) is 10.2 Å². The van der Waals surface area contributed by atoms with E-state index in [1.807, 2.05) is 86.6 Å². The minimum atomic E-state index is -0.783. The molecule has 5 rings (SSSR count). The van der Waals surface area contributed by atoms with Gasteiger partial charge < -0.3 is 10.2 Å². The highest BCUT2D eigenvalue weighted by atomic mass is 35.5. The zero-order valence-corrected chi connectivity index (χ0v) is 22.7. The molecule has 0 aliphatic carbocycles. The van der Waals surface area contributed by atoms with E-state index >= 15 is 0 Å². The summed E-state index contributed by atoms with van der Waals surface area (Å²) < 4.78 is 0. The number of benzene rings is 4. The smallest absolute Gasteiger partial charge is 0.259 e. The summed E-state index contributed by atoms with van der Waals surface area (Å²) in [5.74, 6) is -0.773. The Kier molecular flexibility index (Phi) is 7.66. The number of anilines is 1. The van der Waals surface area contributed by atoms with Gasteiger partial charge in [-0.3, -0.25) is 19.3 Å². The molecule has 3 amide bonds. The van der Waals surface area contributed by atoms with E-state index < -0.39 is 6.04 Å². The number of rotatable bonds is 9. The third-order valence-electron chi connectivity index (χ3n) is 6.91. The second-order valence-electron chi connectivity index (χ2n) is 10.1. The van der Waals surface area contributed by atoms with Crippen molar-refractivity contribution < 1.29 is 14.4 Å². The fraction of sp³-hybridized carbons (Fsp3) is 0.219. The molecular formula is C32H30ClN3O3. The van der Waals surface area contributed by atoms with Gasteiger partial charge in [0.1, 0.15) is 12.6 Å². The van der Waals surface area contributed by atoms with Crippen LogP contribution in [0.4, 0.5) is 5.69 Å². The topological polar surface area (TPSA) is 69.7 Å². The molecule has 1 aliphatic rings. The van der Waals surface area contributed by atoms with E-state index in [0.29, 0.717) is 22.7 Å². The minimum absolute atomic E-state index is 0.101. The Balaban J connectivity index is 1.51. The summed E-state index contributed by atoms with van der Waals surface area (Å²) in [4.78, 5) is 44.3. The largest absolute Gasteiger partial charge is 0.352 e. The van der Waals surface area contributed by atoms with Gasteiger partial charge in [0.2, 0.25) is 11.8 Å². The van der Waals surface area contributed by atoms with Crippen LogP contribution in [-0.4, -0.2) is 41.2 Å². The number of halogens is 1. The predicted molar refractivity (Wildman–Crippen MR) is 155 cm³/mol. The van der Waals surface area contributed by atoms with Gasteiger partial charge in [0, 0.05) is 35.0 Å². The Hall–Kier alpha value is -4.16. The highest BCUT2D eigenvalue weighted by Gasteiger charge is 2.35. The second kappa shape index (κ2) is 11.3. The quantitative estimate of drug-likeness (QED) is 0.300. The molecule has 0 saturated heterocycles. The summed E-state index contributed by atoms with van der Waals surface area (Å²) in [6, 6.07) is 27.3. The number of hydrogen-bond acceptors (Lipinski definition) is 3. The van der Waals surface area contributed by atoms with Crippen molar-refractivity contribution in [3.63, 3.8) is 0 Å². The fourth-order valence-corrected chi connectivity index (χ4v) is 5.21. The van der Waals surface area contributed by atoms with E-state index in [4.69, 9.17) is 11.6 Å². The fourth-order valence-electron chi connectivity index (χ4n) is 5.08. The Morgan fingerprint density at radius 1 is 0.872 bits per heavy atom. The molecule has 0 radical (unpaired) electrons. The molecule has 0 bridgehead atoms. The van der Waals surface area contributed by atoms with Crippen LogP contribution >= 0.6 is 11.6 Å². The highest BCUT2D eigenvalue weighted by Crippen LogP contribution is 2.37. The first kappa shape index (κ1) is 26.4. The lowest BCUT2D eigenvalue weighted by molar-refractivity contribution is -0.140. The number of nitrogens with zero attached hydrogens (tertiary/aromatic N) is 2. The normalized spacial score (nSPS) is 13.1. The second-order valence-corrected chi connectivity index (χ2v) is 10.5. The zero-order valence-electron chi connectivity index (χ0n) is 21.9. The SMILES string of the molecule is CC(C)NC(=O)[C@@H](Cc1ccccc1)N(Cc1ccc(Cl)cc1)C(=O)CN1C(=O)c2cccc3cccc1c23. The van der Waals surface area contributed by atoms with E-state index in [0.717, 1.165) is 21.9 Å². The molecule has 198 valence electrons. The maximum Gasteiger partial charge on any atom is 0.259 e. The predicted octanol–water partition coefficient (Wildman–Crippen LogP) is 5.62. The summed E-state index contributed by atoms with van der Waals surface area (Å²) >= 11 is 6.11. The molecular weight excluding hydrogens is 510 g/mol. The van der Waals surface area contributed by atoms with Crippen LogP contribution in [0.3, 0.4) is 0 Å². The lowest BCUT2D eigenvalue weighted by Gasteiger charge is -2.33. The van der Waals surface area contributed by atoms with Crippen molar-refractivity contribution in [2.24, 2.45) is 0 Å². The van der Waals surface area contributed by atoms with Gasteiger partial charge in [-0.25, -0.2) is 0 Å². The molecule has 6 nitrogen and oxygen atoms in total. The average Bonchev–Trinajstić information content (AvgIpc) is 3.19. The van der Waals surface area contributed by atoms with Crippen molar-refractivity contribution in [1.29, 1.82) is 0 Å². The summed E-state index contributed by atoms with van der Waals surface area (Å²) in [5.41, 5.74) is 3.06. The Morgan fingerprint density at radius 2 is 1.56 bits per heavy atom. The third kappa shape index (κ3) is 5.66. The van der Waals surface area contributed by atoms with E-state index in [9.17, 15) is 14.4 Å². The Labute approximate surface area is 233 Å². The molecule has 7 heteroatoms. The highest BCUT2D eigenvalue weighted by molar-refractivity contribution is 6.30. The first-order valence-corrected chi connectivity index (χ1v) is 13.4. The van der Waals surface area contributed by atoms with Crippen LogP contribution in [-0.2, 0) is 22.6 Å². The molecule has 1 heterocycles. The molecule has 4 aromatic carbocycles. The first-order valence-electron chi connectivity index (χ1n) is 13.0. The van der Waals surface area contributed by atoms with E-state index in [2.05, 4.69) is 5.32 Å². The van der Waals surface area contributed by atoms with Gasteiger partial charge in [-0.2, -0.15) is 0 Å². The van der Waals surface area contributed by atoms with Crippen molar-refractivity contribution in [2.45, 2.75) is 38.9 Å². The van der Waals surface area contributed by atoms with Gasteiger partial charge in [-0.1, -0.05) is 78.3 Å². The van der Waals surface area contributed by atoms with Crippen LogP contribution in [0.1, 0.15) is 35.3 Å². The van der Waals surface area contributed by atoms with Gasteiger partial charge in [-0.15, -0.1) is 0 Å². The Morgan fingerprint density at radius 3 is 2.26 bits per heavy atom. The van der Waals surface area contributed by atoms with Crippen molar-refractivity contribution in [3.8, 4) is 0 Å². The molecule has 0 fully saturated rings. The lowest BCUT2D eigenvalue weighted by Crippen LogP contribution is -2.54. The average molecular weight is 540 g/mol. The standard InChI is InChI=1S/C32H30ClN3O3/c1-21(2)34-31(38)28(18-22-8-4-3-5-9-22)35(19-23-14-16-25(33)17-15-23)29(37)20-36-27-13-7-11-24-10-6-12-26(30(24)27)32(36)39/h3-17,21,28H,18-20H2,1-2H3,(H,34,38)/t28-/m1/s1. The molecule has 39 heavy (non-hydrogen) atoms. The number of amides is 3. The molecule has 1 N–H and O–H groups in total. The van der Waals surface area contributed by atoms with Crippen LogP contribution in [0.2, 0.25) is 5.02 Å². The molecule has 0 saturated carbocycles. The van der Waals surface area contributed by atoms with Crippen molar-refractivity contribution >= 4 is 45.8 Å². The number of carbonyl (C=O) groups is 3. The van der Waals surface area contributed by atoms with Crippen LogP contribution in [0, 0.1) is 0 Å². The van der Waals surface area contributed by atoms with E-state index in [1.165, 1.54) is 4.90 Å². The summed E-state index contributed by atoms with van der Waals surface area (Å²) in [7, 11) is 0. The first-order chi connectivity index (χ1) is 18.8. The summed E-state index contributed by atoms with van der Waals surface area (Å²) in [5, 5.41) is 5.37. The van der Waals surface area contributed by atoms with Crippen LogP contribution in [0.25, 0.3) is 10.8 Å². The van der Waals surface area contributed by atoms with Crippen LogP contribution in [0.15, 0.2) is 91.0 Å². The van der Waals surface area contributed by atoms with Gasteiger partial charge in [0.05, 0.1) is 5.69 Å².